The van der Waals surface area contributed by atoms with E-state index in [1.807, 2.05) is 0 Å². The Balaban J connectivity index is -0.0000000133. The molecule has 0 radical (unpaired) electrons. The molecule has 5 heteroatoms. The molecule has 0 aliphatic heterocycles. The van der Waals surface area contributed by atoms with Gasteiger partial charge in [0.25, 0.3) is 0 Å². The Hall–Kier alpha value is 1.88. The van der Waals surface area contributed by atoms with Crippen LogP contribution in [0, 0.1) is 0 Å². The first-order valence-electron chi connectivity index (χ1n) is 1.41. The number of nitrogens with two attached hydrogens (primary N) is 2. The molecule has 0 amide bonds. The van der Waals surface area contributed by atoms with Gasteiger partial charge >= 0.3 is 59.1 Å². The minimum atomic E-state index is -0.838. The van der Waals surface area contributed by atoms with E-state index in [1.54, 1.807) is 0 Å². The summed E-state index contributed by atoms with van der Waals surface area (Å²) in [5.41, 5.74) is 9.52. The van der Waals surface area contributed by atoms with Crippen LogP contribution in [0.5, 0.6) is 0 Å². The first-order chi connectivity index (χ1) is 2.27. The van der Waals surface area contributed by atoms with Crippen LogP contribution in [0.1, 0.15) is 2.85 Å². The molecule has 0 spiro atoms. The van der Waals surface area contributed by atoms with E-state index >= 15 is 0 Å². The van der Waals surface area contributed by atoms with Gasteiger partial charge in [-0.05, 0) is 0 Å². The van der Waals surface area contributed by atoms with Crippen LogP contribution in [-0.2, 0) is 0 Å². The molecule has 0 aliphatic carbocycles. The second kappa shape index (κ2) is 10.8. The molecule has 1 atom stereocenters. The van der Waals surface area contributed by atoms with Gasteiger partial charge < -0.3 is 19.4 Å². The van der Waals surface area contributed by atoms with Crippen molar-refractivity contribution in [1.82, 2.24) is 0 Å². The van der Waals surface area contributed by atoms with Crippen LogP contribution in [-0.4, -0.2) is 17.9 Å². The molecular weight excluding hydrogens is 114 g/mol. The fourth-order valence-corrected chi connectivity index (χ4v) is 0. The van der Waals surface area contributed by atoms with Crippen molar-refractivity contribution in [2.45, 2.75) is 6.23 Å². The fraction of sp³-hybridized carbons (Fsp3) is 1.00. The standard InChI is InChI=1S/C2H8N2O.2Na.2H/c3-1-2(4)5;;;;/h2,5H,1,3-4H2;;;;/q;2*+1;2*-1. The van der Waals surface area contributed by atoms with Gasteiger partial charge in [0.2, 0.25) is 0 Å². The first kappa shape index (κ1) is 15.9. The van der Waals surface area contributed by atoms with Crippen molar-refractivity contribution < 1.29 is 67.1 Å². The molecule has 0 aromatic carbocycles. The predicted octanol–water partition coefficient (Wildman–Crippen LogP) is -7.54. The van der Waals surface area contributed by atoms with Crippen LogP contribution in [0.25, 0.3) is 0 Å². The third kappa shape index (κ3) is 18.1. The molecule has 0 aliphatic rings. The zero-order valence-corrected chi connectivity index (χ0v) is 8.89. The largest absolute Gasteiger partial charge is 1.00 e. The van der Waals surface area contributed by atoms with Gasteiger partial charge in [0.1, 0.15) is 6.23 Å². The molecular formula is C2H10N2Na2O. The molecule has 3 nitrogen and oxygen atoms in total. The first-order valence-corrected chi connectivity index (χ1v) is 1.41. The second-order valence-electron chi connectivity index (χ2n) is 0.803. The number of rotatable bonds is 1. The molecule has 1 unspecified atom stereocenters. The van der Waals surface area contributed by atoms with Crippen LogP contribution in [0.2, 0.25) is 0 Å². The quantitative estimate of drug-likeness (QED) is 0.240. The minimum Gasteiger partial charge on any atom is -1.00 e. The fourth-order valence-electron chi connectivity index (χ4n) is 0. The maximum absolute atomic E-state index is 8.01. The molecule has 0 saturated heterocycles. The van der Waals surface area contributed by atoms with E-state index in [9.17, 15) is 0 Å². The van der Waals surface area contributed by atoms with E-state index in [4.69, 9.17) is 16.6 Å². The van der Waals surface area contributed by atoms with Gasteiger partial charge in [-0.1, -0.05) is 0 Å². The van der Waals surface area contributed by atoms with E-state index < -0.39 is 6.23 Å². The number of aliphatic hydroxyl groups excluding tert-OH is 1. The average Bonchev–Trinajstić information content (AvgIpc) is 1.38. The Kier molecular flexibility index (Phi) is 24.6. The molecule has 0 saturated carbocycles. The molecule has 0 fully saturated rings. The summed E-state index contributed by atoms with van der Waals surface area (Å²) < 4.78 is 0. The summed E-state index contributed by atoms with van der Waals surface area (Å²) >= 11 is 0. The third-order valence-corrected chi connectivity index (χ3v) is 0.241. The zero-order chi connectivity index (χ0) is 4.28. The summed E-state index contributed by atoms with van der Waals surface area (Å²) in [6.45, 7) is 0.139. The van der Waals surface area contributed by atoms with E-state index in [2.05, 4.69) is 0 Å². The molecule has 0 heterocycles. The normalized spacial score (nSPS) is 10.7. The Labute approximate surface area is 90.4 Å². The van der Waals surface area contributed by atoms with Gasteiger partial charge in [0, 0.05) is 6.54 Å². The Morgan fingerprint density at radius 1 is 1.57 bits per heavy atom. The Bertz CT molecular complexity index is 34.5. The van der Waals surface area contributed by atoms with Gasteiger partial charge in [-0.2, -0.15) is 0 Å². The van der Waals surface area contributed by atoms with Crippen molar-refractivity contribution in [3.8, 4) is 0 Å². The van der Waals surface area contributed by atoms with Crippen LogP contribution in [0.3, 0.4) is 0 Å². The molecule has 0 bridgehead atoms. The maximum atomic E-state index is 8.01. The van der Waals surface area contributed by atoms with E-state index in [0.717, 1.165) is 0 Å². The van der Waals surface area contributed by atoms with Crippen LogP contribution < -0.4 is 70.6 Å². The number of aliphatic hydroxyl groups is 1. The van der Waals surface area contributed by atoms with E-state index in [-0.39, 0.29) is 68.5 Å². The van der Waals surface area contributed by atoms with Crippen molar-refractivity contribution in [2.75, 3.05) is 6.54 Å². The SMILES string of the molecule is NCC(N)O.[H-].[H-].[Na+].[Na+]. The summed E-state index contributed by atoms with van der Waals surface area (Å²) in [4.78, 5) is 0. The zero-order valence-electron chi connectivity index (χ0n) is 6.89. The van der Waals surface area contributed by atoms with Gasteiger partial charge in [-0.15, -0.1) is 0 Å². The summed E-state index contributed by atoms with van der Waals surface area (Å²) in [6, 6.07) is 0. The summed E-state index contributed by atoms with van der Waals surface area (Å²) in [5, 5.41) is 8.01. The van der Waals surface area contributed by atoms with E-state index in [0.29, 0.717) is 0 Å². The summed E-state index contributed by atoms with van der Waals surface area (Å²) in [7, 11) is 0. The predicted molar refractivity (Wildman–Crippen MR) is 21.5 cm³/mol. The molecule has 0 aromatic rings. The smallest absolute Gasteiger partial charge is 1.00 e. The van der Waals surface area contributed by atoms with Crippen molar-refractivity contribution in [1.29, 1.82) is 0 Å². The number of hydrogen-bond donors (Lipinski definition) is 3. The van der Waals surface area contributed by atoms with E-state index in [1.165, 1.54) is 0 Å². The molecule has 7 heavy (non-hydrogen) atoms. The third-order valence-electron chi connectivity index (χ3n) is 0.241. The Morgan fingerprint density at radius 3 is 1.71 bits per heavy atom. The van der Waals surface area contributed by atoms with Crippen molar-refractivity contribution in [3.63, 3.8) is 0 Å². The van der Waals surface area contributed by atoms with Crippen LogP contribution >= 0.6 is 0 Å². The van der Waals surface area contributed by atoms with Crippen molar-refractivity contribution >= 4 is 0 Å². The number of hydrogen-bond acceptors (Lipinski definition) is 3. The molecule has 5 N–H and O–H groups in total. The molecule has 0 aromatic heterocycles. The second-order valence-corrected chi connectivity index (χ2v) is 0.803. The minimum absolute atomic E-state index is 0. The van der Waals surface area contributed by atoms with Crippen LogP contribution in [0.4, 0.5) is 0 Å². The van der Waals surface area contributed by atoms with Gasteiger partial charge in [0.05, 0.1) is 0 Å². The maximum Gasteiger partial charge on any atom is 1.00 e. The summed E-state index contributed by atoms with van der Waals surface area (Å²) in [5.74, 6) is 0. The monoisotopic (exact) mass is 124 g/mol. The average molecular weight is 124 g/mol. The topological polar surface area (TPSA) is 72.3 Å². The van der Waals surface area contributed by atoms with Gasteiger partial charge in [-0.25, -0.2) is 0 Å². The molecule has 0 rings (SSSR count). The van der Waals surface area contributed by atoms with Crippen molar-refractivity contribution in [3.05, 3.63) is 0 Å². The summed E-state index contributed by atoms with van der Waals surface area (Å²) in [6.07, 6.45) is -0.838. The van der Waals surface area contributed by atoms with Crippen molar-refractivity contribution in [2.24, 2.45) is 11.5 Å². The molecule has 36 valence electrons. The Morgan fingerprint density at radius 2 is 1.71 bits per heavy atom. The van der Waals surface area contributed by atoms with Gasteiger partial charge in [-0.3, -0.25) is 0 Å². The van der Waals surface area contributed by atoms with Crippen LogP contribution in [0.15, 0.2) is 0 Å². The van der Waals surface area contributed by atoms with Gasteiger partial charge in [0.15, 0.2) is 0 Å².